The summed E-state index contributed by atoms with van der Waals surface area (Å²) in [5.74, 6) is 0. The predicted molar refractivity (Wildman–Crippen MR) is 40.8 cm³/mol. The van der Waals surface area contributed by atoms with E-state index in [9.17, 15) is 0 Å². The summed E-state index contributed by atoms with van der Waals surface area (Å²) in [5.41, 5.74) is 0. The van der Waals surface area contributed by atoms with Crippen molar-refractivity contribution in [2.45, 2.75) is 16.1 Å². The lowest BCUT2D eigenvalue weighted by Crippen LogP contribution is -2.07. The monoisotopic (exact) mass is 226 g/mol. The van der Waals surface area contributed by atoms with E-state index in [4.69, 9.17) is 0 Å². The molecule has 2 radical (unpaired) electrons. The molecule has 2 unspecified atom stereocenters. The highest BCUT2D eigenvalue weighted by Gasteiger charge is 2.05. The zero-order chi connectivity index (χ0) is 5.86. The van der Waals surface area contributed by atoms with Gasteiger partial charge in [-0.15, -0.1) is 0 Å². The zero-order valence-electron chi connectivity index (χ0n) is 4.03. The van der Waals surface area contributed by atoms with Crippen molar-refractivity contribution in [3.05, 3.63) is 13.8 Å². The minimum absolute atomic E-state index is 0.282. The second kappa shape index (κ2) is 3.90. The zero-order valence-corrected chi connectivity index (χ0v) is 7.20. The highest BCUT2D eigenvalue weighted by atomic mass is 79.9. The molecule has 0 aliphatic rings. The van der Waals surface area contributed by atoms with E-state index in [-0.39, 0.29) is 4.83 Å². The third-order valence-electron chi connectivity index (χ3n) is 0.668. The topological polar surface area (TPSA) is 0 Å². The Hall–Kier alpha value is 0.960. The lowest BCUT2D eigenvalue weighted by Gasteiger charge is -2.06. The molecule has 0 rings (SSSR count). The molecule has 7 heavy (non-hydrogen) atoms. The minimum atomic E-state index is 0.282. The van der Waals surface area contributed by atoms with Crippen LogP contribution in [-0.4, -0.2) is 9.65 Å². The van der Waals surface area contributed by atoms with Crippen LogP contribution in [0.15, 0.2) is 0 Å². The lowest BCUT2D eigenvalue weighted by atomic mass is 10.3. The second-order valence-corrected chi connectivity index (χ2v) is 3.67. The van der Waals surface area contributed by atoms with Crippen molar-refractivity contribution in [2.24, 2.45) is 0 Å². The molecule has 0 aliphatic heterocycles. The summed E-state index contributed by atoms with van der Waals surface area (Å²) in [6.07, 6.45) is 0.874. The Morgan fingerprint density at radius 2 is 1.86 bits per heavy atom. The van der Waals surface area contributed by atoms with Crippen LogP contribution in [0.2, 0.25) is 0 Å². The molecule has 2 heteroatoms. The molecule has 0 bridgehead atoms. The fraction of sp³-hybridized carbons (Fsp3) is 0.600. The summed E-state index contributed by atoms with van der Waals surface area (Å²) >= 11 is 6.67. The van der Waals surface area contributed by atoms with Gasteiger partial charge in [0.05, 0.1) is 0 Å². The van der Waals surface area contributed by atoms with Gasteiger partial charge < -0.3 is 0 Å². The Labute approximate surface area is 61.9 Å². The maximum Gasteiger partial charge on any atom is 0.0271 e. The van der Waals surface area contributed by atoms with Crippen LogP contribution in [0.3, 0.4) is 0 Å². The quantitative estimate of drug-likeness (QED) is 0.637. The number of hydrogen-bond donors (Lipinski definition) is 0. The molecule has 0 aliphatic carbocycles. The number of halogens is 2. The van der Waals surface area contributed by atoms with Crippen molar-refractivity contribution >= 4 is 31.9 Å². The van der Waals surface area contributed by atoms with Crippen molar-refractivity contribution in [3.63, 3.8) is 0 Å². The summed E-state index contributed by atoms with van der Waals surface area (Å²) in [6, 6.07) is 0. The van der Waals surface area contributed by atoms with Gasteiger partial charge in [0.1, 0.15) is 0 Å². The van der Waals surface area contributed by atoms with Crippen LogP contribution < -0.4 is 0 Å². The van der Waals surface area contributed by atoms with Gasteiger partial charge >= 0.3 is 0 Å². The van der Waals surface area contributed by atoms with Crippen LogP contribution in [0.5, 0.6) is 0 Å². The van der Waals surface area contributed by atoms with Gasteiger partial charge in [0.15, 0.2) is 0 Å². The normalized spacial score (nSPS) is 18.9. The molecule has 0 aromatic heterocycles. The highest BCUT2D eigenvalue weighted by molar-refractivity contribution is 9.12. The summed E-state index contributed by atoms with van der Waals surface area (Å²) in [6.45, 7) is 7.43. The van der Waals surface area contributed by atoms with E-state index in [0.717, 1.165) is 6.42 Å². The Kier molecular flexibility index (Phi) is 4.44. The number of alkyl halides is 2. The number of hydrogen-bond acceptors (Lipinski definition) is 0. The molecule has 0 aromatic carbocycles. The highest BCUT2D eigenvalue weighted by Crippen LogP contribution is 2.15. The Bertz CT molecular complexity index is 43.3. The number of rotatable bonds is 2. The van der Waals surface area contributed by atoms with Gasteiger partial charge in [0.25, 0.3) is 0 Å². The van der Waals surface area contributed by atoms with Crippen LogP contribution in [0.1, 0.15) is 6.42 Å². The molecule has 2 atom stereocenters. The van der Waals surface area contributed by atoms with E-state index in [1.807, 2.05) is 0 Å². The summed E-state index contributed by atoms with van der Waals surface area (Å²) in [4.78, 5) is 0.692. The van der Waals surface area contributed by atoms with E-state index in [1.165, 1.54) is 0 Å². The summed E-state index contributed by atoms with van der Waals surface area (Å²) in [5, 5.41) is 0. The van der Waals surface area contributed by atoms with E-state index < -0.39 is 0 Å². The maximum absolute atomic E-state index is 3.74. The summed E-state index contributed by atoms with van der Waals surface area (Å²) < 4.78 is 0. The molecular weight excluding hydrogens is 220 g/mol. The van der Waals surface area contributed by atoms with Gasteiger partial charge in [0, 0.05) is 9.65 Å². The van der Waals surface area contributed by atoms with Gasteiger partial charge in [-0.3, -0.25) is 0 Å². The van der Waals surface area contributed by atoms with Crippen molar-refractivity contribution in [3.8, 4) is 0 Å². The molecule has 0 N–H and O–H groups in total. The molecule has 0 spiro atoms. The van der Waals surface area contributed by atoms with Crippen LogP contribution in [0, 0.1) is 13.8 Å². The van der Waals surface area contributed by atoms with Crippen LogP contribution in [-0.2, 0) is 0 Å². The van der Waals surface area contributed by atoms with Crippen LogP contribution in [0.25, 0.3) is 0 Å². The van der Waals surface area contributed by atoms with E-state index in [0.29, 0.717) is 4.83 Å². The van der Waals surface area contributed by atoms with Gasteiger partial charge in [-0.05, 0) is 13.3 Å². The SMILES string of the molecule is [CH2]CC(Br)C([CH2])Br. The molecule has 0 amide bonds. The van der Waals surface area contributed by atoms with Crippen LogP contribution in [0.4, 0.5) is 0 Å². The van der Waals surface area contributed by atoms with E-state index in [2.05, 4.69) is 45.7 Å². The molecule has 0 aromatic rings. The van der Waals surface area contributed by atoms with Crippen molar-refractivity contribution in [1.29, 1.82) is 0 Å². The second-order valence-electron chi connectivity index (χ2n) is 1.32. The first-order valence-electron chi connectivity index (χ1n) is 2.09. The van der Waals surface area contributed by atoms with Gasteiger partial charge in [-0.2, -0.15) is 0 Å². The average Bonchev–Trinajstić information content (AvgIpc) is 1.65. The van der Waals surface area contributed by atoms with Crippen molar-refractivity contribution in [2.75, 3.05) is 0 Å². The van der Waals surface area contributed by atoms with Gasteiger partial charge in [-0.25, -0.2) is 0 Å². The fourth-order valence-corrected chi connectivity index (χ4v) is 0.445. The van der Waals surface area contributed by atoms with Gasteiger partial charge in [0.2, 0.25) is 0 Å². The Morgan fingerprint density at radius 1 is 1.43 bits per heavy atom. The molecule has 0 heterocycles. The van der Waals surface area contributed by atoms with Gasteiger partial charge in [-0.1, -0.05) is 38.8 Å². The minimum Gasteiger partial charge on any atom is -0.0879 e. The first-order chi connectivity index (χ1) is 3.18. The molecule has 0 nitrogen and oxygen atoms in total. The summed E-state index contributed by atoms with van der Waals surface area (Å²) in [7, 11) is 0. The van der Waals surface area contributed by atoms with Crippen molar-refractivity contribution in [1.82, 2.24) is 0 Å². The average molecular weight is 228 g/mol. The Morgan fingerprint density at radius 3 is 1.86 bits per heavy atom. The van der Waals surface area contributed by atoms with Crippen LogP contribution >= 0.6 is 31.9 Å². The molecule has 42 valence electrons. The Balaban J connectivity index is 3.14. The standard InChI is InChI=1S/C5H8Br2/c1-3-5(7)4(2)6/h4-5H,1-3H2. The molecular formula is C5H8Br2. The first kappa shape index (κ1) is 7.96. The molecule has 0 saturated carbocycles. The largest absolute Gasteiger partial charge is 0.0879 e. The predicted octanol–water partition coefficient (Wildman–Crippen LogP) is 2.57. The smallest absolute Gasteiger partial charge is 0.0271 e. The van der Waals surface area contributed by atoms with E-state index >= 15 is 0 Å². The molecule has 0 fully saturated rings. The first-order valence-corrected chi connectivity index (χ1v) is 3.92. The maximum atomic E-state index is 3.74. The third kappa shape index (κ3) is 3.53. The van der Waals surface area contributed by atoms with Crippen molar-refractivity contribution < 1.29 is 0 Å². The van der Waals surface area contributed by atoms with E-state index in [1.54, 1.807) is 0 Å². The lowest BCUT2D eigenvalue weighted by molar-refractivity contribution is 0.929. The molecule has 0 saturated heterocycles. The fourth-order valence-electron chi connectivity index (χ4n) is 0.181. The third-order valence-corrected chi connectivity index (χ3v) is 3.11.